The number of hydrogen-bond donors (Lipinski definition) is 1. The molecule has 96 valence electrons. The van der Waals surface area contributed by atoms with Crippen molar-refractivity contribution in [2.45, 2.75) is 20.0 Å². The molecule has 0 atom stereocenters. The summed E-state index contributed by atoms with van der Waals surface area (Å²) in [4.78, 5) is 8.87. The zero-order chi connectivity index (χ0) is 12.7. The van der Waals surface area contributed by atoms with Crippen LogP contribution in [0.15, 0.2) is 18.2 Å². The highest BCUT2D eigenvalue weighted by Gasteiger charge is 2.07. The molecular formula is C13H23N3O. The molecule has 0 unspecified atom stereocenters. The smallest absolute Gasteiger partial charge is 0.128 e. The minimum atomic E-state index is 0.00147. The third-order valence-corrected chi connectivity index (χ3v) is 2.59. The molecule has 0 bridgehead atoms. The van der Waals surface area contributed by atoms with Crippen LogP contribution in [0.1, 0.15) is 19.0 Å². The van der Waals surface area contributed by atoms with Gasteiger partial charge in [-0.2, -0.15) is 0 Å². The van der Waals surface area contributed by atoms with E-state index in [1.165, 1.54) is 0 Å². The van der Waals surface area contributed by atoms with E-state index in [1.807, 2.05) is 18.2 Å². The zero-order valence-electron chi connectivity index (χ0n) is 11.1. The minimum absolute atomic E-state index is 0.00147. The highest BCUT2D eigenvalue weighted by atomic mass is 16.3. The van der Waals surface area contributed by atoms with Crippen LogP contribution in [0.2, 0.25) is 0 Å². The van der Waals surface area contributed by atoms with Gasteiger partial charge in [0.25, 0.3) is 0 Å². The van der Waals surface area contributed by atoms with Crippen molar-refractivity contribution >= 4 is 5.82 Å². The van der Waals surface area contributed by atoms with Gasteiger partial charge in [-0.3, -0.25) is 0 Å². The number of anilines is 1. The topological polar surface area (TPSA) is 39.6 Å². The maximum atomic E-state index is 9.10. The van der Waals surface area contributed by atoms with E-state index in [9.17, 15) is 0 Å². The van der Waals surface area contributed by atoms with Gasteiger partial charge in [0, 0.05) is 19.6 Å². The van der Waals surface area contributed by atoms with Crippen molar-refractivity contribution in [3.63, 3.8) is 0 Å². The summed E-state index contributed by atoms with van der Waals surface area (Å²) in [5.74, 6) is 0.959. The van der Waals surface area contributed by atoms with Gasteiger partial charge in [0.05, 0.1) is 12.3 Å². The van der Waals surface area contributed by atoms with Crippen LogP contribution in [0.4, 0.5) is 5.82 Å². The average molecular weight is 237 g/mol. The van der Waals surface area contributed by atoms with Gasteiger partial charge in [-0.15, -0.1) is 0 Å². The molecule has 0 aromatic carbocycles. The van der Waals surface area contributed by atoms with Crippen LogP contribution in [0, 0.1) is 0 Å². The molecule has 4 nitrogen and oxygen atoms in total. The van der Waals surface area contributed by atoms with Crippen molar-refractivity contribution < 1.29 is 5.11 Å². The third-order valence-electron chi connectivity index (χ3n) is 2.59. The number of hydrogen-bond acceptors (Lipinski definition) is 4. The molecule has 0 saturated heterocycles. The number of nitrogens with zero attached hydrogens (tertiary/aromatic N) is 3. The number of aliphatic hydroxyl groups excluding tert-OH is 1. The highest BCUT2D eigenvalue weighted by molar-refractivity contribution is 5.39. The van der Waals surface area contributed by atoms with Crippen LogP contribution in [0.3, 0.4) is 0 Å². The Hall–Kier alpha value is -1.13. The summed E-state index contributed by atoms with van der Waals surface area (Å²) in [5.41, 5.74) is 0.730. The quantitative estimate of drug-likeness (QED) is 0.777. The van der Waals surface area contributed by atoms with E-state index >= 15 is 0 Å². The molecule has 17 heavy (non-hydrogen) atoms. The SMILES string of the molecule is CCCN(CCN(C)C)c1cccc(CO)n1. The van der Waals surface area contributed by atoms with Crippen molar-refractivity contribution in [2.75, 3.05) is 38.6 Å². The number of likely N-dealkylation sites (N-methyl/N-ethyl adjacent to an activating group) is 1. The summed E-state index contributed by atoms with van der Waals surface area (Å²) in [7, 11) is 4.14. The van der Waals surface area contributed by atoms with Gasteiger partial charge in [0.2, 0.25) is 0 Å². The zero-order valence-corrected chi connectivity index (χ0v) is 11.1. The van der Waals surface area contributed by atoms with Crippen LogP contribution < -0.4 is 4.90 Å². The molecule has 0 aliphatic carbocycles. The minimum Gasteiger partial charge on any atom is -0.390 e. The molecule has 1 heterocycles. The maximum Gasteiger partial charge on any atom is 0.128 e. The van der Waals surface area contributed by atoms with Crippen LogP contribution in [0.25, 0.3) is 0 Å². The third kappa shape index (κ3) is 4.71. The summed E-state index contributed by atoms with van der Waals surface area (Å²) in [5, 5.41) is 9.10. The second-order valence-electron chi connectivity index (χ2n) is 4.44. The first kappa shape index (κ1) is 13.9. The van der Waals surface area contributed by atoms with Crippen molar-refractivity contribution in [2.24, 2.45) is 0 Å². The molecule has 0 aliphatic rings. The van der Waals surface area contributed by atoms with Crippen LogP contribution in [-0.2, 0) is 6.61 Å². The fourth-order valence-corrected chi connectivity index (χ4v) is 1.66. The van der Waals surface area contributed by atoms with Crippen molar-refractivity contribution in [3.05, 3.63) is 23.9 Å². The van der Waals surface area contributed by atoms with Gasteiger partial charge in [-0.25, -0.2) is 4.98 Å². The Morgan fingerprint density at radius 2 is 1.94 bits per heavy atom. The standard InChI is InChI=1S/C13H23N3O/c1-4-8-16(10-9-15(2)3)13-7-5-6-12(11-17)14-13/h5-7,17H,4,8-11H2,1-3H3. The Morgan fingerprint density at radius 1 is 1.18 bits per heavy atom. The Bertz CT molecular complexity index is 328. The maximum absolute atomic E-state index is 9.10. The van der Waals surface area contributed by atoms with Gasteiger partial charge in [-0.05, 0) is 32.6 Å². The van der Waals surface area contributed by atoms with E-state index in [4.69, 9.17) is 5.11 Å². The molecule has 1 aromatic rings. The van der Waals surface area contributed by atoms with Crippen molar-refractivity contribution in [3.8, 4) is 0 Å². The largest absolute Gasteiger partial charge is 0.390 e. The fraction of sp³-hybridized carbons (Fsp3) is 0.615. The summed E-state index contributed by atoms with van der Waals surface area (Å²) in [6.07, 6.45) is 1.10. The van der Waals surface area contributed by atoms with E-state index in [-0.39, 0.29) is 6.61 Å². The van der Waals surface area contributed by atoms with Gasteiger partial charge < -0.3 is 14.9 Å². The van der Waals surface area contributed by atoms with Gasteiger partial charge in [0.15, 0.2) is 0 Å². The number of rotatable bonds is 7. The summed E-state index contributed by atoms with van der Waals surface area (Å²) >= 11 is 0. The molecule has 0 radical (unpaired) electrons. The summed E-state index contributed by atoms with van der Waals surface area (Å²) in [6.45, 7) is 5.13. The predicted octanol–water partition coefficient (Wildman–Crippen LogP) is 1.35. The normalized spacial score (nSPS) is 10.9. The summed E-state index contributed by atoms with van der Waals surface area (Å²) < 4.78 is 0. The Balaban J connectivity index is 2.73. The van der Waals surface area contributed by atoms with Crippen molar-refractivity contribution in [1.82, 2.24) is 9.88 Å². The first-order chi connectivity index (χ1) is 8.17. The molecule has 0 saturated carbocycles. The van der Waals surface area contributed by atoms with Crippen LogP contribution in [-0.4, -0.2) is 48.7 Å². The van der Waals surface area contributed by atoms with E-state index in [0.717, 1.165) is 37.6 Å². The Kier molecular flexibility index (Phi) is 5.94. The molecule has 0 spiro atoms. The summed E-state index contributed by atoms with van der Waals surface area (Å²) in [6, 6.07) is 5.80. The van der Waals surface area contributed by atoms with Gasteiger partial charge in [-0.1, -0.05) is 13.0 Å². The van der Waals surface area contributed by atoms with Crippen LogP contribution in [0.5, 0.6) is 0 Å². The molecule has 0 amide bonds. The highest BCUT2D eigenvalue weighted by Crippen LogP contribution is 2.12. The second kappa shape index (κ2) is 7.25. The average Bonchev–Trinajstić information content (AvgIpc) is 2.34. The monoisotopic (exact) mass is 237 g/mol. The van der Waals surface area contributed by atoms with E-state index < -0.39 is 0 Å². The fourth-order valence-electron chi connectivity index (χ4n) is 1.66. The van der Waals surface area contributed by atoms with E-state index in [2.05, 4.69) is 35.8 Å². The van der Waals surface area contributed by atoms with Crippen molar-refractivity contribution in [1.29, 1.82) is 0 Å². The first-order valence-corrected chi connectivity index (χ1v) is 6.13. The number of pyridine rings is 1. The molecule has 1 rings (SSSR count). The Morgan fingerprint density at radius 3 is 2.53 bits per heavy atom. The second-order valence-corrected chi connectivity index (χ2v) is 4.44. The molecule has 1 N–H and O–H groups in total. The number of aromatic nitrogens is 1. The first-order valence-electron chi connectivity index (χ1n) is 6.13. The molecule has 4 heteroatoms. The Labute approximate surface area is 104 Å². The number of aliphatic hydroxyl groups is 1. The van der Waals surface area contributed by atoms with E-state index in [0.29, 0.717) is 0 Å². The lowest BCUT2D eigenvalue weighted by atomic mass is 10.3. The lowest BCUT2D eigenvalue weighted by Crippen LogP contribution is -2.33. The van der Waals surface area contributed by atoms with Gasteiger partial charge in [0.1, 0.15) is 5.82 Å². The lowest BCUT2D eigenvalue weighted by molar-refractivity contribution is 0.277. The predicted molar refractivity (Wildman–Crippen MR) is 71.2 cm³/mol. The van der Waals surface area contributed by atoms with E-state index in [1.54, 1.807) is 0 Å². The van der Waals surface area contributed by atoms with Crippen LogP contribution >= 0.6 is 0 Å². The molecular weight excluding hydrogens is 214 g/mol. The molecule has 0 fully saturated rings. The molecule has 0 aliphatic heterocycles. The molecule has 1 aromatic heterocycles. The lowest BCUT2D eigenvalue weighted by Gasteiger charge is -2.25. The van der Waals surface area contributed by atoms with Gasteiger partial charge >= 0.3 is 0 Å².